The third-order valence-electron chi connectivity index (χ3n) is 3.80. The molecule has 1 N–H and O–H groups in total. The van der Waals surface area contributed by atoms with Gasteiger partial charge in [-0.1, -0.05) is 12.1 Å². The van der Waals surface area contributed by atoms with Crippen molar-refractivity contribution in [2.45, 2.75) is 25.3 Å². The summed E-state index contributed by atoms with van der Waals surface area (Å²) in [5.74, 6) is -0.149. The largest absolute Gasteiger partial charge is 0.347 e. The summed E-state index contributed by atoms with van der Waals surface area (Å²) in [5, 5.41) is 12.1. The Hall–Kier alpha value is -1.86. The Kier molecular flexibility index (Phi) is 3.87. The second kappa shape index (κ2) is 5.41. The number of nitrogens with one attached hydrogen (secondary N) is 1. The molecule has 0 atom stereocenters. The molecule has 0 saturated carbocycles. The smallest absolute Gasteiger partial charge is 0.253 e. The Morgan fingerprint density at radius 3 is 2.63 bits per heavy atom. The molecule has 1 aromatic rings. The molecule has 1 fully saturated rings. The van der Waals surface area contributed by atoms with E-state index in [1.54, 1.807) is 24.3 Å². The van der Waals surface area contributed by atoms with Crippen molar-refractivity contribution in [3.63, 3.8) is 0 Å². The summed E-state index contributed by atoms with van der Waals surface area (Å²) in [4.78, 5) is 14.6. The second-order valence-electron chi connectivity index (χ2n) is 5.48. The van der Waals surface area contributed by atoms with Crippen molar-refractivity contribution in [3.05, 3.63) is 35.4 Å². The van der Waals surface area contributed by atoms with E-state index in [-0.39, 0.29) is 11.4 Å². The Labute approximate surface area is 114 Å². The minimum Gasteiger partial charge on any atom is -0.347 e. The number of hydrogen-bond acceptors (Lipinski definition) is 3. The van der Waals surface area contributed by atoms with Gasteiger partial charge in [0, 0.05) is 18.6 Å². The van der Waals surface area contributed by atoms with Crippen molar-refractivity contribution in [2.75, 3.05) is 20.1 Å². The lowest BCUT2D eigenvalue weighted by molar-refractivity contribution is 0.0851. The van der Waals surface area contributed by atoms with E-state index in [1.165, 1.54) is 0 Å². The fourth-order valence-corrected chi connectivity index (χ4v) is 2.36. The molecule has 1 aromatic carbocycles. The van der Waals surface area contributed by atoms with Gasteiger partial charge in [-0.2, -0.15) is 5.26 Å². The van der Waals surface area contributed by atoms with Crippen molar-refractivity contribution >= 4 is 5.91 Å². The molecule has 0 spiro atoms. The number of carbonyl (C=O) groups is 1. The molecule has 1 amide bonds. The molecule has 2 rings (SSSR count). The third kappa shape index (κ3) is 3.12. The molecule has 4 heteroatoms. The van der Waals surface area contributed by atoms with Gasteiger partial charge in [0.1, 0.15) is 0 Å². The maximum absolute atomic E-state index is 12.3. The zero-order chi connectivity index (χ0) is 13.9. The lowest BCUT2D eigenvalue weighted by Gasteiger charge is -2.38. The van der Waals surface area contributed by atoms with Gasteiger partial charge < -0.3 is 10.2 Å². The Morgan fingerprint density at radius 2 is 2.00 bits per heavy atom. The van der Waals surface area contributed by atoms with Crippen LogP contribution in [-0.4, -0.2) is 36.5 Å². The molecular weight excluding hydrogens is 238 g/mol. The molecule has 0 bridgehead atoms. The average Bonchev–Trinajstić information content (AvgIpc) is 2.42. The normalized spacial score (nSPS) is 18.6. The SMILES string of the molecule is CN1CCC(C)(NC(=O)c2ccccc2C#N)CC1. The van der Waals surface area contributed by atoms with Crippen molar-refractivity contribution < 1.29 is 4.79 Å². The number of likely N-dealkylation sites (tertiary alicyclic amines) is 1. The molecule has 1 aliphatic heterocycles. The van der Waals surface area contributed by atoms with E-state index in [4.69, 9.17) is 5.26 Å². The lowest BCUT2D eigenvalue weighted by Crippen LogP contribution is -2.52. The molecule has 0 aromatic heterocycles. The number of nitriles is 1. The van der Waals surface area contributed by atoms with Crippen LogP contribution < -0.4 is 5.32 Å². The van der Waals surface area contributed by atoms with Gasteiger partial charge in [-0.3, -0.25) is 4.79 Å². The minimum absolute atomic E-state index is 0.149. The van der Waals surface area contributed by atoms with Crippen molar-refractivity contribution in [1.82, 2.24) is 10.2 Å². The summed E-state index contributed by atoms with van der Waals surface area (Å²) in [5.41, 5.74) is 0.716. The fraction of sp³-hybridized carbons (Fsp3) is 0.467. The zero-order valence-corrected chi connectivity index (χ0v) is 11.4. The first kappa shape index (κ1) is 13.6. The highest BCUT2D eigenvalue weighted by Crippen LogP contribution is 2.21. The van der Waals surface area contributed by atoms with E-state index in [1.807, 2.05) is 0 Å². The fourth-order valence-electron chi connectivity index (χ4n) is 2.36. The maximum atomic E-state index is 12.3. The lowest BCUT2D eigenvalue weighted by atomic mass is 9.89. The average molecular weight is 257 g/mol. The van der Waals surface area contributed by atoms with Gasteiger partial charge >= 0.3 is 0 Å². The van der Waals surface area contributed by atoms with Crippen LogP contribution in [-0.2, 0) is 0 Å². The van der Waals surface area contributed by atoms with Gasteiger partial charge in [0.2, 0.25) is 0 Å². The maximum Gasteiger partial charge on any atom is 0.253 e. The number of nitrogens with zero attached hydrogens (tertiary/aromatic N) is 2. The first-order valence-corrected chi connectivity index (χ1v) is 6.54. The van der Waals surface area contributed by atoms with Gasteiger partial charge in [0.25, 0.3) is 5.91 Å². The van der Waals surface area contributed by atoms with Crippen LogP contribution in [0.3, 0.4) is 0 Å². The molecule has 1 aliphatic rings. The van der Waals surface area contributed by atoms with Crippen molar-refractivity contribution in [1.29, 1.82) is 5.26 Å². The zero-order valence-electron chi connectivity index (χ0n) is 11.4. The summed E-state index contributed by atoms with van der Waals surface area (Å²) < 4.78 is 0. The molecule has 19 heavy (non-hydrogen) atoms. The topological polar surface area (TPSA) is 56.1 Å². The van der Waals surface area contributed by atoms with Crippen LogP contribution in [0.4, 0.5) is 0 Å². The summed E-state index contributed by atoms with van der Waals surface area (Å²) in [6.45, 7) is 4.04. The monoisotopic (exact) mass is 257 g/mol. The van der Waals surface area contributed by atoms with Crippen LogP contribution in [0.2, 0.25) is 0 Å². The van der Waals surface area contributed by atoms with E-state index in [0.29, 0.717) is 11.1 Å². The molecule has 0 aliphatic carbocycles. The van der Waals surface area contributed by atoms with Crippen molar-refractivity contribution in [2.24, 2.45) is 0 Å². The summed E-state index contributed by atoms with van der Waals surface area (Å²) in [7, 11) is 2.09. The summed E-state index contributed by atoms with van der Waals surface area (Å²) >= 11 is 0. The number of piperidine rings is 1. The van der Waals surface area contributed by atoms with E-state index in [9.17, 15) is 4.79 Å². The first-order valence-electron chi connectivity index (χ1n) is 6.54. The summed E-state index contributed by atoms with van der Waals surface area (Å²) in [6.07, 6.45) is 1.87. The molecule has 1 saturated heterocycles. The van der Waals surface area contributed by atoms with Crippen LogP contribution >= 0.6 is 0 Å². The van der Waals surface area contributed by atoms with Crippen LogP contribution in [0.25, 0.3) is 0 Å². The molecular formula is C15H19N3O. The predicted octanol–water partition coefficient (Wildman–Crippen LogP) is 1.77. The number of benzene rings is 1. The highest BCUT2D eigenvalue weighted by Gasteiger charge is 2.30. The highest BCUT2D eigenvalue weighted by molar-refractivity contribution is 5.97. The van der Waals surface area contributed by atoms with E-state index < -0.39 is 0 Å². The molecule has 4 nitrogen and oxygen atoms in total. The van der Waals surface area contributed by atoms with Crippen LogP contribution in [0.5, 0.6) is 0 Å². The molecule has 100 valence electrons. The number of carbonyl (C=O) groups excluding carboxylic acids is 1. The standard InChI is InChI=1S/C15H19N3O/c1-15(7-9-18(2)10-8-15)17-14(19)13-6-4-3-5-12(13)11-16/h3-6H,7-10H2,1-2H3,(H,17,19). The summed E-state index contributed by atoms with van der Waals surface area (Å²) in [6, 6.07) is 8.99. The first-order chi connectivity index (χ1) is 9.04. The number of hydrogen-bond donors (Lipinski definition) is 1. The van der Waals surface area contributed by atoms with Gasteiger partial charge in [-0.05, 0) is 38.9 Å². The Balaban J connectivity index is 2.11. The molecule has 0 radical (unpaired) electrons. The Morgan fingerprint density at radius 1 is 1.37 bits per heavy atom. The second-order valence-corrected chi connectivity index (χ2v) is 5.48. The van der Waals surface area contributed by atoms with Crippen molar-refractivity contribution in [3.8, 4) is 6.07 Å². The van der Waals surface area contributed by atoms with Gasteiger partial charge in [-0.25, -0.2) is 0 Å². The quantitative estimate of drug-likeness (QED) is 0.878. The predicted molar refractivity (Wildman–Crippen MR) is 73.8 cm³/mol. The van der Waals surface area contributed by atoms with Gasteiger partial charge in [0.15, 0.2) is 0 Å². The number of rotatable bonds is 2. The molecule has 1 heterocycles. The third-order valence-corrected chi connectivity index (χ3v) is 3.80. The van der Waals surface area contributed by atoms with Gasteiger partial charge in [-0.15, -0.1) is 0 Å². The Bertz CT molecular complexity index is 510. The highest BCUT2D eigenvalue weighted by atomic mass is 16.1. The van der Waals surface area contributed by atoms with Crippen LogP contribution in [0, 0.1) is 11.3 Å². The molecule has 0 unspecified atom stereocenters. The minimum atomic E-state index is -0.174. The van der Waals surface area contributed by atoms with Crippen LogP contribution in [0.1, 0.15) is 35.7 Å². The van der Waals surface area contributed by atoms with Gasteiger partial charge in [0.05, 0.1) is 17.2 Å². The number of amides is 1. The van der Waals surface area contributed by atoms with E-state index >= 15 is 0 Å². The van der Waals surface area contributed by atoms with Crippen LogP contribution in [0.15, 0.2) is 24.3 Å². The van der Waals surface area contributed by atoms with E-state index in [0.717, 1.165) is 25.9 Å². The van der Waals surface area contributed by atoms with E-state index in [2.05, 4.69) is 30.3 Å².